The summed E-state index contributed by atoms with van der Waals surface area (Å²) in [5.41, 5.74) is 23.4. The van der Waals surface area contributed by atoms with Crippen molar-refractivity contribution in [3.63, 3.8) is 0 Å². The number of hydrogen-bond donors (Lipinski definition) is 0. The van der Waals surface area contributed by atoms with Crippen LogP contribution in [0.3, 0.4) is 0 Å². The second kappa shape index (κ2) is 13.8. The highest BCUT2D eigenvalue weighted by atomic mass is 15.1. The number of hydrogen-bond acceptors (Lipinski definition) is 1. The highest BCUT2D eigenvalue weighted by Gasteiger charge is 2.52. The molecule has 1 unspecified atom stereocenters. The summed E-state index contributed by atoms with van der Waals surface area (Å²) in [7, 11) is 0. The molecule has 1 heteroatoms. The lowest BCUT2D eigenvalue weighted by molar-refractivity contribution is 0.440. The topological polar surface area (TPSA) is 3.24 Å². The fraction of sp³-hybridized carbons (Fsp3) is 0.161. The van der Waals surface area contributed by atoms with Crippen molar-refractivity contribution in [1.29, 1.82) is 0 Å². The molecule has 4 aliphatic rings. The molecule has 1 saturated carbocycles. The first-order valence-electron chi connectivity index (χ1n) is 23.1. The van der Waals surface area contributed by atoms with Gasteiger partial charge in [0.05, 0.1) is 5.41 Å². The van der Waals surface area contributed by atoms with Gasteiger partial charge in [-0.15, -0.1) is 0 Å². The molecule has 9 aromatic rings. The van der Waals surface area contributed by atoms with Crippen LogP contribution in [-0.2, 0) is 10.8 Å². The maximum Gasteiger partial charge on any atom is 0.0729 e. The third-order valence-electron chi connectivity index (χ3n) is 15.5. The van der Waals surface area contributed by atoms with Gasteiger partial charge in [-0.1, -0.05) is 191 Å². The quantitative estimate of drug-likeness (QED) is 0.167. The molecule has 0 saturated heterocycles. The summed E-state index contributed by atoms with van der Waals surface area (Å²) >= 11 is 0. The molecule has 0 aromatic heterocycles. The first kappa shape index (κ1) is 36.7. The Morgan fingerprint density at radius 1 is 0.397 bits per heavy atom. The summed E-state index contributed by atoms with van der Waals surface area (Å²) in [6.07, 6.45) is 6.43. The summed E-state index contributed by atoms with van der Waals surface area (Å²) < 4.78 is 0. The van der Waals surface area contributed by atoms with Crippen LogP contribution in [-0.4, -0.2) is 0 Å². The van der Waals surface area contributed by atoms with Gasteiger partial charge >= 0.3 is 0 Å². The lowest BCUT2D eigenvalue weighted by Gasteiger charge is -2.43. The molecule has 0 amide bonds. The van der Waals surface area contributed by atoms with Crippen LogP contribution in [0.15, 0.2) is 194 Å². The average molecular weight is 808 g/mol. The Bertz CT molecular complexity index is 3290. The smallest absolute Gasteiger partial charge is 0.0729 e. The number of nitrogens with zero attached hydrogens (tertiary/aromatic N) is 1. The van der Waals surface area contributed by atoms with Crippen molar-refractivity contribution in [3.05, 3.63) is 233 Å². The Labute approximate surface area is 371 Å². The van der Waals surface area contributed by atoms with Gasteiger partial charge in [0, 0.05) is 22.5 Å². The van der Waals surface area contributed by atoms with E-state index in [1.807, 2.05) is 0 Å². The number of rotatable bonds is 5. The molecule has 1 nitrogen and oxygen atoms in total. The summed E-state index contributed by atoms with van der Waals surface area (Å²) in [6, 6.07) is 74.2. The van der Waals surface area contributed by atoms with Gasteiger partial charge in [-0.3, -0.25) is 0 Å². The summed E-state index contributed by atoms with van der Waals surface area (Å²) in [5, 5.41) is 2.76. The molecular weight excluding hydrogens is 759 g/mol. The van der Waals surface area contributed by atoms with Crippen LogP contribution < -0.4 is 4.90 Å². The molecule has 0 heterocycles. The molecule has 1 fully saturated rings. The van der Waals surface area contributed by atoms with Gasteiger partial charge in [-0.2, -0.15) is 0 Å². The van der Waals surface area contributed by atoms with E-state index >= 15 is 0 Å². The molecule has 4 aliphatic carbocycles. The van der Waals surface area contributed by atoms with Crippen LogP contribution in [0, 0.1) is 0 Å². The predicted octanol–water partition coefficient (Wildman–Crippen LogP) is 16.7. The van der Waals surface area contributed by atoms with E-state index in [1.54, 1.807) is 5.56 Å². The van der Waals surface area contributed by atoms with Crippen molar-refractivity contribution in [2.24, 2.45) is 0 Å². The van der Waals surface area contributed by atoms with Gasteiger partial charge in [0.25, 0.3) is 0 Å². The Balaban J connectivity index is 1.09. The SMILES string of the molecule is CC1(C)c2ccccc2-c2ccc(N(c3ccc(-c4ccccc4)cc3)c3ccc4c(c3)C3(c5ccccc5-4)c4ccccc4-c4cccc5ccc(C6CCCCC6)c3c45)cc21. The third kappa shape index (κ3) is 5.17. The molecule has 0 N–H and O–H groups in total. The van der Waals surface area contributed by atoms with Crippen LogP contribution in [0.25, 0.3) is 55.3 Å². The largest absolute Gasteiger partial charge is 0.310 e. The first-order chi connectivity index (χ1) is 31.0. The second-order valence-electron chi connectivity index (χ2n) is 19.0. The van der Waals surface area contributed by atoms with Gasteiger partial charge in [-0.25, -0.2) is 0 Å². The van der Waals surface area contributed by atoms with Gasteiger partial charge in [-0.05, 0) is 149 Å². The van der Waals surface area contributed by atoms with Crippen LogP contribution >= 0.6 is 0 Å². The van der Waals surface area contributed by atoms with E-state index in [1.165, 1.54) is 132 Å². The van der Waals surface area contributed by atoms with E-state index in [9.17, 15) is 0 Å². The Morgan fingerprint density at radius 3 is 1.62 bits per heavy atom. The number of benzene rings is 9. The standard InChI is InChI=1S/C62H49N/c1-61(2)54-25-12-9-21-48(54)51-36-33-45(38-57(51)61)63(44-31-28-41(29-32-44)40-16-5-3-6-17-40)46-34-37-52-49-22-10-13-26-55(49)62(58(52)39-46)56-27-14-11-23-50(56)53-24-15-20-43-30-35-47(60(62)59(43)53)42-18-7-4-8-19-42/h3,5-6,9-17,20-39,42H,4,7-8,18-19H2,1-2H3. The molecule has 1 atom stereocenters. The summed E-state index contributed by atoms with van der Waals surface area (Å²) in [4.78, 5) is 2.52. The predicted molar refractivity (Wildman–Crippen MR) is 264 cm³/mol. The van der Waals surface area contributed by atoms with Gasteiger partial charge in [0.2, 0.25) is 0 Å². The Hall–Kier alpha value is -6.96. The van der Waals surface area contributed by atoms with Crippen molar-refractivity contribution in [3.8, 4) is 44.5 Å². The van der Waals surface area contributed by atoms with Crippen molar-refractivity contribution >= 4 is 27.8 Å². The van der Waals surface area contributed by atoms with Crippen LogP contribution in [0.1, 0.15) is 90.8 Å². The summed E-state index contributed by atoms with van der Waals surface area (Å²) in [5.74, 6) is 0.534. The normalized spacial score (nSPS) is 17.5. The molecule has 63 heavy (non-hydrogen) atoms. The minimum absolute atomic E-state index is 0.123. The maximum atomic E-state index is 2.59. The van der Waals surface area contributed by atoms with E-state index in [2.05, 4.69) is 213 Å². The van der Waals surface area contributed by atoms with Crippen molar-refractivity contribution in [2.45, 2.75) is 62.7 Å². The molecule has 0 aliphatic heterocycles. The van der Waals surface area contributed by atoms with Crippen molar-refractivity contribution in [1.82, 2.24) is 0 Å². The van der Waals surface area contributed by atoms with Crippen LogP contribution in [0.5, 0.6) is 0 Å². The third-order valence-corrected chi connectivity index (χ3v) is 15.5. The Kier molecular flexibility index (Phi) is 8.02. The fourth-order valence-electron chi connectivity index (χ4n) is 12.6. The fourth-order valence-corrected chi connectivity index (χ4v) is 12.6. The zero-order valence-electron chi connectivity index (χ0n) is 36.0. The highest BCUT2D eigenvalue weighted by Crippen LogP contribution is 2.64. The van der Waals surface area contributed by atoms with E-state index < -0.39 is 5.41 Å². The second-order valence-corrected chi connectivity index (χ2v) is 19.0. The van der Waals surface area contributed by atoms with E-state index in [4.69, 9.17) is 0 Å². The highest BCUT2D eigenvalue weighted by molar-refractivity contribution is 6.08. The van der Waals surface area contributed by atoms with E-state index in [0.29, 0.717) is 5.92 Å². The minimum atomic E-state index is -0.496. The Morgan fingerprint density at radius 2 is 0.921 bits per heavy atom. The molecule has 0 bridgehead atoms. The van der Waals surface area contributed by atoms with Crippen molar-refractivity contribution < 1.29 is 0 Å². The summed E-state index contributed by atoms with van der Waals surface area (Å²) in [6.45, 7) is 4.78. The first-order valence-corrected chi connectivity index (χ1v) is 23.1. The van der Waals surface area contributed by atoms with Gasteiger partial charge in [0.1, 0.15) is 0 Å². The molecule has 0 radical (unpaired) electrons. The molecule has 1 spiro atoms. The van der Waals surface area contributed by atoms with Gasteiger partial charge in [0.15, 0.2) is 0 Å². The molecule has 302 valence electrons. The molecule has 13 rings (SSSR count). The molecular formula is C62H49N. The van der Waals surface area contributed by atoms with E-state index in [-0.39, 0.29) is 5.41 Å². The maximum absolute atomic E-state index is 2.59. The van der Waals surface area contributed by atoms with Crippen LogP contribution in [0.2, 0.25) is 0 Å². The molecule has 9 aromatic carbocycles. The van der Waals surface area contributed by atoms with Gasteiger partial charge < -0.3 is 4.90 Å². The lowest BCUT2D eigenvalue weighted by atomic mass is 9.59. The minimum Gasteiger partial charge on any atom is -0.310 e. The monoisotopic (exact) mass is 807 g/mol. The lowest BCUT2D eigenvalue weighted by Crippen LogP contribution is -2.34. The zero-order valence-corrected chi connectivity index (χ0v) is 36.0. The average Bonchev–Trinajstić information content (AvgIpc) is 3.76. The van der Waals surface area contributed by atoms with E-state index in [0.717, 1.165) is 5.69 Å². The number of fused-ring (bicyclic) bond motifs is 12. The zero-order chi connectivity index (χ0) is 41.9. The van der Waals surface area contributed by atoms with Crippen molar-refractivity contribution in [2.75, 3.05) is 4.90 Å². The van der Waals surface area contributed by atoms with Crippen LogP contribution in [0.4, 0.5) is 17.1 Å². The number of anilines is 3.